The van der Waals surface area contributed by atoms with E-state index in [1.165, 1.54) is 0 Å². The fourth-order valence-electron chi connectivity index (χ4n) is 4.36. The number of rotatable bonds is 2. The van der Waals surface area contributed by atoms with Gasteiger partial charge < -0.3 is 15.1 Å². The zero-order valence-corrected chi connectivity index (χ0v) is 16.2. The number of benzene rings is 1. The minimum atomic E-state index is -0.218. The van der Waals surface area contributed by atoms with E-state index in [1.54, 1.807) is 17.0 Å². The summed E-state index contributed by atoms with van der Waals surface area (Å²) in [6.45, 7) is 4.80. The van der Waals surface area contributed by atoms with Crippen molar-refractivity contribution in [3.05, 3.63) is 53.2 Å². The van der Waals surface area contributed by atoms with E-state index in [0.717, 1.165) is 50.1 Å². The molecule has 2 N–H and O–H groups in total. The molecule has 3 amide bonds. The molecule has 3 aliphatic heterocycles. The molecule has 0 bridgehead atoms. The molecule has 5 rings (SSSR count). The zero-order valence-electron chi connectivity index (χ0n) is 16.2. The SMILES string of the molecule is O=C(Nc1ccc(C(=O)N2CCC3(CC2)CNC3)nn1)N1Cc2ccccc2C1. The molecule has 2 fully saturated rings. The quantitative estimate of drug-likeness (QED) is 0.814. The number of aromatic nitrogens is 2. The molecule has 0 atom stereocenters. The first-order valence-electron chi connectivity index (χ1n) is 10.1. The summed E-state index contributed by atoms with van der Waals surface area (Å²) in [6, 6.07) is 11.1. The van der Waals surface area contributed by atoms with Gasteiger partial charge in [0.25, 0.3) is 5.91 Å². The lowest BCUT2D eigenvalue weighted by atomic mass is 9.73. The van der Waals surface area contributed by atoms with Crippen LogP contribution in [0.2, 0.25) is 0 Å². The first kappa shape index (κ1) is 18.1. The standard InChI is InChI=1S/C21H24N6O2/c28-19(26-9-7-21(8-10-26)13-22-14-21)17-5-6-18(25-24-17)23-20(29)27-11-15-3-1-2-4-16(15)12-27/h1-6,22H,7-14H2,(H,23,25,29). The molecule has 8 nitrogen and oxygen atoms in total. The van der Waals surface area contributed by atoms with Crippen LogP contribution in [0.5, 0.6) is 0 Å². The third kappa shape index (κ3) is 3.44. The lowest BCUT2D eigenvalue weighted by Gasteiger charge is -2.48. The second-order valence-corrected chi connectivity index (χ2v) is 8.25. The first-order valence-corrected chi connectivity index (χ1v) is 10.1. The fraction of sp³-hybridized carbons (Fsp3) is 0.429. The van der Waals surface area contributed by atoms with Gasteiger partial charge in [0.2, 0.25) is 0 Å². The molecule has 0 aliphatic carbocycles. The number of hydrogen-bond donors (Lipinski definition) is 2. The highest BCUT2D eigenvalue weighted by molar-refractivity contribution is 5.93. The molecule has 1 aromatic carbocycles. The van der Waals surface area contributed by atoms with Crippen LogP contribution in [0.25, 0.3) is 0 Å². The highest BCUT2D eigenvalue weighted by atomic mass is 16.2. The van der Waals surface area contributed by atoms with Gasteiger partial charge >= 0.3 is 6.03 Å². The molecule has 0 saturated carbocycles. The Balaban J connectivity index is 1.17. The van der Waals surface area contributed by atoms with E-state index in [0.29, 0.717) is 30.0 Å². The zero-order chi connectivity index (χ0) is 19.8. The Morgan fingerprint density at radius 3 is 2.17 bits per heavy atom. The highest BCUT2D eigenvalue weighted by Gasteiger charge is 2.40. The van der Waals surface area contributed by atoms with Crippen LogP contribution in [0.1, 0.15) is 34.5 Å². The third-order valence-corrected chi connectivity index (χ3v) is 6.36. The normalized spacial score (nSPS) is 19.6. The van der Waals surface area contributed by atoms with Gasteiger partial charge in [0.15, 0.2) is 11.5 Å². The second kappa shape index (κ2) is 7.11. The summed E-state index contributed by atoms with van der Waals surface area (Å²) in [5.74, 6) is 0.258. The molecule has 2 aromatic rings. The molecule has 1 spiro atoms. The summed E-state index contributed by atoms with van der Waals surface area (Å²) in [5.41, 5.74) is 3.04. The predicted octanol–water partition coefficient (Wildman–Crippen LogP) is 1.85. The molecule has 8 heteroatoms. The third-order valence-electron chi connectivity index (χ3n) is 6.36. The van der Waals surface area contributed by atoms with E-state index in [-0.39, 0.29) is 11.9 Å². The van der Waals surface area contributed by atoms with Crippen molar-refractivity contribution in [2.75, 3.05) is 31.5 Å². The second-order valence-electron chi connectivity index (χ2n) is 8.25. The van der Waals surface area contributed by atoms with Crippen LogP contribution in [0.3, 0.4) is 0 Å². The van der Waals surface area contributed by atoms with Gasteiger partial charge in [-0.2, -0.15) is 0 Å². The molecule has 29 heavy (non-hydrogen) atoms. The van der Waals surface area contributed by atoms with Crippen molar-refractivity contribution in [2.45, 2.75) is 25.9 Å². The van der Waals surface area contributed by atoms with Crippen molar-refractivity contribution in [1.82, 2.24) is 25.3 Å². The number of fused-ring (bicyclic) bond motifs is 1. The largest absolute Gasteiger partial charge is 0.337 e. The fourth-order valence-corrected chi connectivity index (χ4v) is 4.36. The van der Waals surface area contributed by atoms with Crippen molar-refractivity contribution in [1.29, 1.82) is 0 Å². The Morgan fingerprint density at radius 1 is 0.931 bits per heavy atom. The Morgan fingerprint density at radius 2 is 1.62 bits per heavy atom. The molecule has 4 heterocycles. The van der Waals surface area contributed by atoms with Gasteiger partial charge in [-0.25, -0.2) is 4.79 Å². The number of amides is 3. The molecular weight excluding hydrogens is 368 g/mol. The monoisotopic (exact) mass is 392 g/mol. The molecule has 1 aromatic heterocycles. The van der Waals surface area contributed by atoms with Crippen LogP contribution in [0.15, 0.2) is 36.4 Å². The average molecular weight is 392 g/mol. The molecule has 0 unspecified atom stereocenters. The summed E-state index contributed by atoms with van der Waals surface area (Å²) < 4.78 is 0. The molecule has 2 saturated heterocycles. The van der Waals surface area contributed by atoms with E-state index >= 15 is 0 Å². The summed E-state index contributed by atoms with van der Waals surface area (Å²) in [4.78, 5) is 28.8. The van der Waals surface area contributed by atoms with E-state index in [2.05, 4.69) is 20.8 Å². The van der Waals surface area contributed by atoms with E-state index in [4.69, 9.17) is 0 Å². The van der Waals surface area contributed by atoms with E-state index < -0.39 is 0 Å². The van der Waals surface area contributed by atoms with Gasteiger partial charge in [0, 0.05) is 39.3 Å². The number of carbonyl (C=O) groups excluding carboxylic acids is 2. The van der Waals surface area contributed by atoms with E-state index in [9.17, 15) is 9.59 Å². The van der Waals surface area contributed by atoms with Gasteiger partial charge in [-0.3, -0.25) is 10.1 Å². The summed E-state index contributed by atoms with van der Waals surface area (Å²) in [6.07, 6.45) is 2.07. The van der Waals surface area contributed by atoms with Gasteiger partial charge in [-0.15, -0.1) is 10.2 Å². The number of likely N-dealkylation sites (tertiary alicyclic amines) is 1. The van der Waals surface area contributed by atoms with Crippen molar-refractivity contribution in [3.63, 3.8) is 0 Å². The maximum absolute atomic E-state index is 12.7. The number of nitrogens with zero attached hydrogens (tertiary/aromatic N) is 4. The van der Waals surface area contributed by atoms with Crippen molar-refractivity contribution in [3.8, 4) is 0 Å². The Kier molecular flexibility index (Phi) is 4.43. The number of anilines is 1. The Bertz CT molecular complexity index is 905. The van der Waals surface area contributed by atoms with Crippen molar-refractivity contribution >= 4 is 17.8 Å². The lowest BCUT2D eigenvalue weighted by Crippen LogP contribution is -2.58. The van der Waals surface area contributed by atoms with Crippen LogP contribution < -0.4 is 10.6 Å². The minimum Gasteiger partial charge on any atom is -0.337 e. The van der Waals surface area contributed by atoms with Gasteiger partial charge in [-0.1, -0.05) is 24.3 Å². The number of carbonyl (C=O) groups is 2. The average Bonchev–Trinajstić information content (AvgIpc) is 3.17. The maximum Gasteiger partial charge on any atom is 0.323 e. The number of piperidine rings is 1. The van der Waals surface area contributed by atoms with Crippen molar-refractivity contribution < 1.29 is 9.59 Å². The molecule has 0 radical (unpaired) electrons. The molecule has 3 aliphatic rings. The summed E-state index contributed by atoms with van der Waals surface area (Å²) >= 11 is 0. The van der Waals surface area contributed by atoms with E-state index in [1.807, 2.05) is 29.2 Å². The van der Waals surface area contributed by atoms with Crippen LogP contribution in [0.4, 0.5) is 10.6 Å². The van der Waals surface area contributed by atoms with Gasteiger partial charge in [-0.05, 0) is 41.5 Å². The highest BCUT2D eigenvalue weighted by Crippen LogP contribution is 2.35. The Labute approximate surface area is 169 Å². The summed E-state index contributed by atoms with van der Waals surface area (Å²) in [5, 5.41) is 14.2. The van der Waals surface area contributed by atoms with Crippen LogP contribution >= 0.6 is 0 Å². The lowest BCUT2D eigenvalue weighted by molar-refractivity contribution is 0.0409. The number of nitrogens with one attached hydrogen (secondary N) is 2. The first-order chi connectivity index (χ1) is 14.1. The number of hydrogen-bond acceptors (Lipinski definition) is 5. The topological polar surface area (TPSA) is 90.5 Å². The smallest absolute Gasteiger partial charge is 0.323 e. The maximum atomic E-state index is 12.7. The minimum absolute atomic E-state index is 0.0903. The van der Waals surface area contributed by atoms with Crippen molar-refractivity contribution in [2.24, 2.45) is 5.41 Å². The predicted molar refractivity (Wildman–Crippen MR) is 107 cm³/mol. The summed E-state index contributed by atoms with van der Waals surface area (Å²) in [7, 11) is 0. The molecular formula is C21H24N6O2. The van der Waals surface area contributed by atoms with Crippen LogP contribution in [0, 0.1) is 5.41 Å². The van der Waals surface area contributed by atoms with Crippen LogP contribution in [-0.4, -0.2) is 58.1 Å². The Hall–Kier alpha value is -3.00. The van der Waals surface area contributed by atoms with Gasteiger partial charge in [0.05, 0.1) is 0 Å². The molecule has 150 valence electrons. The van der Waals surface area contributed by atoms with Crippen LogP contribution in [-0.2, 0) is 13.1 Å². The number of urea groups is 1. The van der Waals surface area contributed by atoms with Gasteiger partial charge in [0.1, 0.15) is 0 Å².